The molecule has 158 valence electrons. The lowest BCUT2D eigenvalue weighted by Crippen LogP contribution is -2.20. The van der Waals surface area contributed by atoms with Crippen molar-refractivity contribution in [1.29, 1.82) is 0 Å². The van der Waals surface area contributed by atoms with E-state index in [2.05, 4.69) is 5.32 Å². The molecule has 0 spiro atoms. The van der Waals surface area contributed by atoms with Crippen LogP contribution in [0.3, 0.4) is 0 Å². The zero-order chi connectivity index (χ0) is 22.1. The second kappa shape index (κ2) is 10.6. The number of ether oxygens (including phenoxy) is 3. The molecule has 0 radical (unpaired) electrons. The van der Waals surface area contributed by atoms with Crippen LogP contribution in [0, 0.1) is 0 Å². The number of rotatable bonds is 8. The molecule has 3 aromatic rings. The van der Waals surface area contributed by atoms with Gasteiger partial charge in [0.2, 0.25) is 0 Å². The van der Waals surface area contributed by atoms with Crippen LogP contribution in [0.4, 0.5) is 5.69 Å². The quantitative estimate of drug-likeness (QED) is 0.429. The molecule has 3 rings (SSSR count). The van der Waals surface area contributed by atoms with Gasteiger partial charge < -0.3 is 19.5 Å². The zero-order valence-electron chi connectivity index (χ0n) is 17.3. The first-order chi connectivity index (χ1) is 15.1. The third kappa shape index (κ3) is 5.96. The second-order valence-electron chi connectivity index (χ2n) is 6.51. The fourth-order valence-electron chi connectivity index (χ4n) is 2.95. The van der Waals surface area contributed by atoms with Crippen molar-refractivity contribution >= 4 is 23.6 Å². The normalized spacial score (nSPS) is 10.5. The van der Waals surface area contributed by atoms with Crippen LogP contribution < -0.4 is 14.8 Å². The highest BCUT2D eigenvalue weighted by atomic mass is 16.5. The van der Waals surface area contributed by atoms with Gasteiger partial charge in [-0.1, -0.05) is 48.5 Å². The largest absolute Gasteiger partial charge is 0.497 e. The van der Waals surface area contributed by atoms with E-state index in [9.17, 15) is 9.59 Å². The minimum Gasteiger partial charge on any atom is -0.497 e. The number of amides is 1. The third-order valence-electron chi connectivity index (χ3n) is 4.47. The summed E-state index contributed by atoms with van der Waals surface area (Å²) in [6.07, 6.45) is 2.80. The summed E-state index contributed by atoms with van der Waals surface area (Å²) < 4.78 is 15.5. The molecule has 0 aliphatic rings. The number of nitrogens with one attached hydrogen (secondary N) is 1. The van der Waals surface area contributed by atoms with Crippen molar-refractivity contribution in [3.8, 4) is 22.6 Å². The van der Waals surface area contributed by atoms with Gasteiger partial charge in [-0.3, -0.25) is 4.79 Å². The van der Waals surface area contributed by atoms with Gasteiger partial charge in [-0.25, -0.2) is 4.79 Å². The fourth-order valence-corrected chi connectivity index (χ4v) is 2.95. The SMILES string of the molecule is COc1ccc(/C=C/C(=O)OCC(=O)Nc2ccccc2-c2ccccc2)c(OC)c1. The molecule has 0 aliphatic carbocycles. The van der Waals surface area contributed by atoms with Gasteiger partial charge in [-0.2, -0.15) is 0 Å². The molecule has 0 heterocycles. The molecule has 31 heavy (non-hydrogen) atoms. The van der Waals surface area contributed by atoms with Crippen molar-refractivity contribution in [2.45, 2.75) is 0 Å². The first kappa shape index (κ1) is 21.6. The highest BCUT2D eigenvalue weighted by Gasteiger charge is 2.10. The number of hydrogen-bond donors (Lipinski definition) is 1. The van der Waals surface area contributed by atoms with Crippen LogP contribution in [-0.2, 0) is 14.3 Å². The molecule has 0 aliphatic heterocycles. The first-order valence-corrected chi connectivity index (χ1v) is 9.62. The number of esters is 1. The van der Waals surface area contributed by atoms with Gasteiger partial charge in [0, 0.05) is 29.0 Å². The van der Waals surface area contributed by atoms with E-state index in [-0.39, 0.29) is 0 Å². The van der Waals surface area contributed by atoms with Gasteiger partial charge in [0.1, 0.15) is 11.5 Å². The van der Waals surface area contributed by atoms with Crippen LogP contribution in [0.15, 0.2) is 78.9 Å². The standard InChI is InChI=1S/C25H23NO5/c1-29-20-14-12-19(23(16-20)30-2)13-15-25(28)31-17-24(27)26-22-11-7-6-10-21(22)18-8-4-3-5-9-18/h3-16H,17H2,1-2H3,(H,26,27)/b15-13+. The maximum absolute atomic E-state index is 12.3. The summed E-state index contributed by atoms with van der Waals surface area (Å²) in [6.45, 7) is -0.397. The molecule has 0 bridgehead atoms. The highest BCUT2D eigenvalue weighted by Crippen LogP contribution is 2.27. The highest BCUT2D eigenvalue weighted by molar-refractivity contribution is 5.97. The van der Waals surface area contributed by atoms with E-state index in [4.69, 9.17) is 14.2 Å². The molecule has 0 saturated heterocycles. The van der Waals surface area contributed by atoms with Crippen LogP contribution in [0.2, 0.25) is 0 Å². The molecular weight excluding hydrogens is 394 g/mol. The Kier molecular flexibility index (Phi) is 7.43. The Morgan fingerprint density at radius 3 is 2.39 bits per heavy atom. The molecule has 0 fully saturated rings. The maximum Gasteiger partial charge on any atom is 0.331 e. The Balaban J connectivity index is 1.58. The molecular formula is C25H23NO5. The molecule has 1 N–H and O–H groups in total. The Hall–Kier alpha value is -4.06. The summed E-state index contributed by atoms with van der Waals surface area (Å²) in [7, 11) is 3.09. The average Bonchev–Trinajstić information content (AvgIpc) is 2.82. The summed E-state index contributed by atoms with van der Waals surface area (Å²) in [4.78, 5) is 24.3. The number of methoxy groups -OCH3 is 2. The molecule has 1 amide bonds. The lowest BCUT2D eigenvalue weighted by Gasteiger charge is -2.11. The number of hydrogen-bond acceptors (Lipinski definition) is 5. The Labute approximate surface area is 181 Å². The topological polar surface area (TPSA) is 73.9 Å². The van der Waals surface area contributed by atoms with Gasteiger partial charge in [0.05, 0.1) is 14.2 Å². The van der Waals surface area contributed by atoms with Gasteiger partial charge in [0.25, 0.3) is 5.91 Å². The number of benzene rings is 3. The van der Waals surface area contributed by atoms with Crippen molar-refractivity contribution in [2.24, 2.45) is 0 Å². The van der Waals surface area contributed by atoms with E-state index in [1.54, 1.807) is 37.5 Å². The van der Waals surface area contributed by atoms with Gasteiger partial charge >= 0.3 is 5.97 Å². The van der Waals surface area contributed by atoms with E-state index in [1.165, 1.54) is 13.2 Å². The zero-order valence-corrected chi connectivity index (χ0v) is 17.3. The summed E-state index contributed by atoms with van der Waals surface area (Å²) in [5.74, 6) is 0.138. The summed E-state index contributed by atoms with van der Waals surface area (Å²) in [5.41, 5.74) is 3.19. The van der Waals surface area contributed by atoms with E-state index in [0.717, 1.165) is 11.1 Å². The monoisotopic (exact) mass is 417 g/mol. The average molecular weight is 417 g/mol. The number of para-hydroxylation sites is 1. The summed E-state index contributed by atoms with van der Waals surface area (Å²) in [6, 6.07) is 22.4. The Morgan fingerprint density at radius 1 is 0.903 bits per heavy atom. The lowest BCUT2D eigenvalue weighted by molar-refractivity contribution is -0.142. The minimum atomic E-state index is -0.635. The van der Waals surface area contributed by atoms with Crippen molar-refractivity contribution in [3.05, 3.63) is 84.4 Å². The fraction of sp³-hybridized carbons (Fsp3) is 0.120. The van der Waals surface area contributed by atoms with Crippen molar-refractivity contribution in [1.82, 2.24) is 0 Å². The molecule has 0 saturated carbocycles. The number of carbonyl (C=O) groups excluding carboxylic acids is 2. The molecule has 0 unspecified atom stereocenters. The molecule has 3 aromatic carbocycles. The van der Waals surface area contributed by atoms with E-state index in [0.29, 0.717) is 22.7 Å². The predicted octanol–water partition coefficient (Wildman–Crippen LogP) is 4.57. The number of carbonyl (C=O) groups is 2. The van der Waals surface area contributed by atoms with Crippen molar-refractivity contribution in [3.63, 3.8) is 0 Å². The smallest absolute Gasteiger partial charge is 0.331 e. The van der Waals surface area contributed by atoms with Crippen molar-refractivity contribution in [2.75, 3.05) is 26.1 Å². The van der Waals surface area contributed by atoms with Gasteiger partial charge in [-0.15, -0.1) is 0 Å². The van der Waals surface area contributed by atoms with Crippen molar-refractivity contribution < 1.29 is 23.8 Å². The van der Waals surface area contributed by atoms with Crippen LogP contribution in [-0.4, -0.2) is 32.7 Å². The predicted molar refractivity (Wildman–Crippen MR) is 120 cm³/mol. The molecule has 0 aromatic heterocycles. The summed E-state index contributed by atoms with van der Waals surface area (Å²) in [5, 5.41) is 2.79. The summed E-state index contributed by atoms with van der Waals surface area (Å²) >= 11 is 0. The Morgan fingerprint density at radius 2 is 1.65 bits per heavy atom. The van der Waals surface area contributed by atoms with E-state index in [1.807, 2.05) is 48.5 Å². The van der Waals surface area contributed by atoms with Crippen LogP contribution in [0.1, 0.15) is 5.56 Å². The molecule has 6 heteroatoms. The molecule has 6 nitrogen and oxygen atoms in total. The lowest BCUT2D eigenvalue weighted by atomic mass is 10.0. The second-order valence-corrected chi connectivity index (χ2v) is 6.51. The van der Waals surface area contributed by atoms with Gasteiger partial charge in [-0.05, 0) is 29.8 Å². The number of anilines is 1. The van der Waals surface area contributed by atoms with E-state index >= 15 is 0 Å². The third-order valence-corrected chi connectivity index (χ3v) is 4.47. The van der Waals surface area contributed by atoms with Crippen LogP contribution in [0.25, 0.3) is 17.2 Å². The Bertz CT molecular complexity index is 1080. The van der Waals surface area contributed by atoms with Gasteiger partial charge in [0.15, 0.2) is 6.61 Å². The van der Waals surface area contributed by atoms with E-state index < -0.39 is 18.5 Å². The van der Waals surface area contributed by atoms with Crippen LogP contribution >= 0.6 is 0 Å². The first-order valence-electron chi connectivity index (χ1n) is 9.62. The minimum absolute atomic E-state index is 0.397. The van der Waals surface area contributed by atoms with Crippen LogP contribution in [0.5, 0.6) is 11.5 Å². The molecule has 0 atom stereocenters. The maximum atomic E-state index is 12.3.